The van der Waals surface area contributed by atoms with E-state index in [0.29, 0.717) is 24.9 Å². The number of rotatable bonds is 4. The van der Waals surface area contributed by atoms with Gasteiger partial charge in [0.1, 0.15) is 30.7 Å². The lowest BCUT2D eigenvalue weighted by Gasteiger charge is -2.19. The standard InChI is InChI=1S/C21H22N4O2/c1-13-5-4-6-14(2)21(13)25-20-12-19(22-15(3)23-20)24-16-7-8-17-18(11-16)27-10-9-26-17/h4-8,11-12H,9-10H2,1-3H3,(H2,22,23,24,25). The number of benzene rings is 2. The van der Waals surface area contributed by atoms with Gasteiger partial charge in [0.05, 0.1) is 0 Å². The summed E-state index contributed by atoms with van der Waals surface area (Å²) in [4.78, 5) is 9.01. The normalized spacial score (nSPS) is 12.6. The number of hydrogen-bond acceptors (Lipinski definition) is 6. The van der Waals surface area contributed by atoms with Gasteiger partial charge in [-0.2, -0.15) is 0 Å². The van der Waals surface area contributed by atoms with Crippen LogP contribution in [0.3, 0.4) is 0 Å². The molecule has 2 N–H and O–H groups in total. The van der Waals surface area contributed by atoms with Crippen molar-refractivity contribution < 1.29 is 9.47 Å². The molecule has 0 spiro atoms. The van der Waals surface area contributed by atoms with E-state index in [1.165, 1.54) is 11.1 Å². The molecule has 6 heteroatoms. The Hall–Kier alpha value is -3.28. The first-order chi connectivity index (χ1) is 13.1. The Morgan fingerprint density at radius 2 is 1.44 bits per heavy atom. The van der Waals surface area contributed by atoms with Crippen LogP contribution in [0.1, 0.15) is 17.0 Å². The molecule has 0 radical (unpaired) electrons. The number of hydrogen-bond donors (Lipinski definition) is 2. The fourth-order valence-electron chi connectivity index (χ4n) is 3.10. The van der Waals surface area contributed by atoms with Gasteiger partial charge in [0.2, 0.25) is 0 Å². The summed E-state index contributed by atoms with van der Waals surface area (Å²) in [7, 11) is 0. The van der Waals surface area contributed by atoms with E-state index in [2.05, 4.69) is 52.6 Å². The molecule has 3 aromatic rings. The second-order valence-corrected chi connectivity index (χ2v) is 6.56. The van der Waals surface area contributed by atoms with Crippen LogP contribution in [0, 0.1) is 20.8 Å². The van der Waals surface area contributed by atoms with Crippen LogP contribution in [0.2, 0.25) is 0 Å². The predicted molar refractivity (Wildman–Crippen MR) is 107 cm³/mol. The maximum Gasteiger partial charge on any atom is 0.163 e. The molecule has 1 aromatic heterocycles. The molecule has 0 bridgehead atoms. The van der Waals surface area contributed by atoms with Crippen molar-refractivity contribution >= 4 is 23.0 Å². The highest BCUT2D eigenvalue weighted by atomic mass is 16.6. The molecule has 0 saturated heterocycles. The second kappa shape index (κ2) is 7.15. The zero-order valence-corrected chi connectivity index (χ0v) is 15.7. The molecule has 0 fully saturated rings. The van der Waals surface area contributed by atoms with Gasteiger partial charge >= 0.3 is 0 Å². The van der Waals surface area contributed by atoms with E-state index in [9.17, 15) is 0 Å². The van der Waals surface area contributed by atoms with Crippen molar-refractivity contribution in [1.29, 1.82) is 0 Å². The molecule has 6 nitrogen and oxygen atoms in total. The highest BCUT2D eigenvalue weighted by Crippen LogP contribution is 2.33. The van der Waals surface area contributed by atoms with Crippen LogP contribution in [0.15, 0.2) is 42.5 Å². The van der Waals surface area contributed by atoms with Crippen LogP contribution >= 0.6 is 0 Å². The quantitative estimate of drug-likeness (QED) is 0.703. The van der Waals surface area contributed by atoms with Crippen LogP contribution < -0.4 is 20.1 Å². The van der Waals surface area contributed by atoms with Crippen LogP contribution in [0.5, 0.6) is 11.5 Å². The maximum atomic E-state index is 5.64. The summed E-state index contributed by atoms with van der Waals surface area (Å²) in [5, 5.41) is 6.75. The summed E-state index contributed by atoms with van der Waals surface area (Å²) >= 11 is 0. The predicted octanol–water partition coefficient (Wildman–Crippen LogP) is 4.66. The Morgan fingerprint density at radius 3 is 2.19 bits per heavy atom. The molecule has 138 valence electrons. The molecule has 0 saturated carbocycles. The first-order valence-corrected chi connectivity index (χ1v) is 8.94. The minimum Gasteiger partial charge on any atom is -0.486 e. The highest BCUT2D eigenvalue weighted by molar-refractivity contribution is 5.68. The number of para-hydroxylation sites is 1. The van der Waals surface area contributed by atoms with Gasteiger partial charge in [0, 0.05) is 23.5 Å². The van der Waals surface area contributed by atoms with Crippen LogP contribution in [-0.2, 0) is 0 Å². The molecule has 0 unspecified atom stereocenters. The summed E-state index contributed by atoms with van der Waals surface area (Å²) in [6.45, 7) is 7.19. The average molecular weight is 362 g/mol. The van der Waals surface area contributed by atoms with Crippen LogP contribution in [-0.4, -0.2) is 23.2 Å². The summed E-state index contributed by atoms with van der Waals surface area (Å²) in [5.74, 6) is 3.66. The third-order valence-corrected chi connectivity index (χ3v) is 4.39. The van der Waals surface area contributed by atoms with E-state index < -0.39 is 0 Å². The van der Waals surface area contributed by atoms with Crippen molar-refractivity contribution in [1.82, 2.24) is 9.97 Å². The minimum absolute atomic E-state index is 0.562. The van der Waals surface area contributed by atoms with Crippen molar-refractivity contribution in [2.45, 2.75) is 20.8 Å². The van der Waals surface area contributed by atoms with Gasteiger partial charge in [-0.1, -0.05) is 18.2 Å². The van der Waals surface area contributed by atoms with E-state index in [4.69, 9.17) is 9.47 Å². The molecule has 1 aliphatic rings. The zero-order chi connectivity index (χ0) is 18.8. The van der Waals surface area contributed by atoms with Crippen LogP contribution in [0.25, 0.3) is 0 Å². The lowest BCUT2D eigenvalue weighted by Crippen LogP contribution is -2.15. The average Bonchev–Trinajstić information content (AvgIpc) is 2.64. The number of aromatic nitrogens is 2. The number of nitrogens with one attached hydrogen (secondary N) is 2. The van der Waals surface area contributed by atoms with E-state index in [1.54, 1.807) is 0 Å². The lowest BCUT2D eigenvalue weighted by molar-refractivity contribution is 0.171. The SMILES string of the molecule is Cc1nc(Nc2ccc3c(c2)OCCO3)cc(Nc2c(C)cccc2C)n1. The highest BCUT2D eigenvalue weighted by Gasteiger charge is 2.12. The van der Waals surface area contributed by atoms with Gasteiger partial charge < -0.3 is 20.1 Å². The zero-order valence-electron chi connectivity index (χ0n) is 15.7. The molecule has 4 rings (SSSR count). The van der Waals surface area contributed by atoms with Crippen LogP contribution in [0.4, 0.5) is 23.0 Å². The van der Waals surface area contributed by atoms with Crippen molar-refractivity contribution in [2.75, 3.05) is 23.8 Å². The van der Waals surface area contributed by atoms with Gasteiger partial charge in [-0.25, -0.2) is 9.97 Å². The third-order valence-electron chi connectivity index (χ3n) is 4.39. The molecule has 2 heterocycles. The molecule has 0 aliphatic carbocycles. The fraction of sp³-hybridized carbons (Fsp3) is 0.238. The Balaban J connectivity index is 1.59. The van der Waals surface area contributed by atoms with Crippen molar-refractivity contribution in [3.63, 3.8) is 0 Å². The number of nitrogens with zero attached hydrogens (tertiary/aromatic N) is 2. The first kappa shape index (κ1) is 17.1. The van der Waals surface area contributed by atoms with Gasteiger partial charge in [0.15, 0.2) is 11.5 Å². The van der Waals surface area contributed by atoms with Crippen molar-refractivity contribution in [3.05, 3.63) is 59.4 Å². The molecule has 0 atom stereocenters. The Kier molecular flexibility index (Phi) is 4.54. The monoisotopic (exact) mass is 362 g/mol. The molecule has 1 aliphatic heterocycles. The number of fused-ring (bicyclic) bond motifs is 1. The Labute approximate surface area is 158 Å². The topological polar surface area (TPSA) is 68.3 Å². The summed E-state index contributed by atoms with van der Waals surface area (Å²) in [6.07, 6.45) is 0. The number of ether oxygens (including phenoxy) is 2. The smallest absolute Gasteiger partial charge is 0.163 e. The van der Waals surface area contributed by atoms with E-state index >= 15 is 0 Å². The lowest BCUT2D eigenvalue weighted by atomic mass is 10.1. The molecule has 0 amide bonds. The van der Waals surface area contributed by atoms with E-state index in [-0.39, 0.29) is 0 Å². The van der Waals surface area contributed by atoms with E-state index in [1.807, 2.05) is 31.2 Å². The first-order valence-electron chi connectivity index (χ1n) is 8.94. The van der Waals surface area contributed by atoms with Gasteiger partial charge in [-0.05, 0) is 44.0 Å². The minimum atomic E-state index is 0.562. The summed E-state index contributed by atoms with van der Waals surface area (Å²) in [5.41, 5.74) is 4.30. The summed E-state index contributed by atoms with van der Waals surface area (Å²) in [6, 6.07) is 13.9. The largest absolute Gasteiger partial charge is 0.486 e. The molecular formula is C21H22N4O2. The number of aryl methyl sites for hydroxylation is 3. The Morgan fingerprint density at radius 1 is 0.778 bits per heavy atom. The van der Waals surface area contributed by atoms with Crippen molar-refractivity contribution in [2.24, 2.45) is 0 Å². The summed E-state index contributed by atoms with van der Waals surface area (Å²) < 4.78 is 11.2. The van der Waals surface area contributed by atoms with E-state index in [0.717, 1.165) is 28.7 Å². The van der Waals surface area contributed by atoms with Gasteiger partial charge in [-0.3, -0.25) is 0 Å². The fourth-order valence-corrected chi connectivity index (χ4v) is 3.10. The van der Waals surface area contributed by atoms with Crippen molar-refractivity contribution in [3.8, 4) is 11.5 Å². The Bertz CT molecular complexity index is 968. The number of anilines is 4. The molecule has 2 aromatic carbocycles. The molecular weight excluding hydrogens is 340 g/mol. The third kappa shape index (κ3) is 3.79. The molecule has 27 heavy (non-hydrogen) atoms. The second-order valence-electron chi connectivity index (χ2n) is 6.56. The van der Waals surface area contributed by atoms with Gasteiger partial charge in [0.25, 0.3) is 0 Å². The van der Waals surface area contributed by atoms with Gasteiger partial charge in [-0.15, -0.1) is 0 Å². The maximum absolute atomic E-state index is 5.64.